The van der Waals surface area contributed by atoms with Gasteiger partial charge in [-0.05, 0) is 80.3 Å². The number of rotatable bonds is 7. The molecule has 0 unspecified atom stereocenters. The molecule has 330 valence electrons. The number of anilines is 2. The second kappa shape index (κ2) is 16.5. The molecular formula is C57H63N4OPt-3. The summed E-state index contributed by atoms with van der Waals surface area (Å²) in [5.74, 6) is 2.12. The van der Waals surface area contributed by atoms with Crippen molar-refractivity contribution in [1.82, 2.24) is 9.55 Å². The van der Waals surface area contributed by atoms with Gasteiger partial charge < -0.3 is 19.1 Å². The molecule has 0 aliphatic carbocycles. The minimum absolute atomic E-state index is 0. The molecule has 0 atom stereocenters. The van der Waals surface area contributed by atoms with Crippen molar-refractivity contribution in [3.63, 3.8) is 0 Å². The molecule has 0 N–H and O–H groups in total. The van der Waals surface area contributed by atoms with Crippen LogP contribution in [0.15, 0.2) is 127 Å². The fraction of sp³-hybridized carbons (Fsp3) is 0.333. The van der Waals surface area contributed by atoms with E-state index in [1.807, 2.05) is 6.20 Å². The molecule has 3 heterocycles. The standard InChI is InChI=1S/C57H63N4O.Pt/c1-53(2,3)38-24-26-42(27-25-38)60-37-59(36-50(60)56(10,11)12)43-30-41(57(13,14)39-20-16-15-17-21-39)31-44(33-43)62-45-34-47(55(7,8)9)52-46-22-18-19-23-48(46)61(49(52)35-45)51-32-40(28-29-58-51)54(4,5)6;/h15-32,34,36-37H,1-14H3;/q-3;. The molecule has 0 spiro atoms. The molecule has 0 saturated heterocycles. The van der Waals surface area contributed by atoms with Crippen LogP contribution in [0.2, 0.25) is 0 Å². The van der Waals surface area contributed by atoms with E-state index in [0.717, 1.165) is 39.2 Å². The first-order valence-corrected chi connectivity index (χ1v) is 22.0. The summed E-state index contributed by atoms with van der Waals surface area (Å²) in [6, 6.07) is 46.8. The van der Waals surface area contributed by atoms with Crippen molar-refractivity contribution in [1.29, 1.82) is 0 Å². The van der Waals surface area contributed by atoms with Crippen molar-refractivity contribution < 1.29 is 25.8 Å². The van der Waals surface area contributed by atoms with Gasteiger partial charge in [0, 0.05) is 61.1 Å². The Morgan fingerprint density at radius 3 is 1.84 bits per heavy atom. The van der Waals surface area contributed by atoms with E-state index in [4.69, 9.17) is 9.72 Å². The molecule has 5 nitrogen and oxygen atoms in total. The molecule has 0 fully saturated rings. The SMILES string of the molecule is CC(C)(C)C1=CN(c2[c-]c(Oc3[c-]c4c(c(C(C)(C)C)c3)c3ccccc3n4-c3cc(C(C)(C)C)ccn3)cc(C(C)(C)c3ccccc3)c2)[CH-]N1c1ccc(C(C)(C)C)cc1.[Pt]. The molecule has 5 aromatic carbocycles. The monoisotopic (exact) mass is 1010 g/mol. The van der Waals surface area contributed by atoms with Crippen LogP contribution in [0, 0.1) is 24.2 Å². The van der Waals surface area contributed by atoms with Crippen molar-refractivity contribution in [2.24, 2.45) is 5.41 Å². The quantitative estimate of drug-likeness (QED) is 0.149. The molecule has 8 rings (SSSR count). The van der Waals surface area contributed by atoms with Gasteiger partial charge in [0.2, 0.25) is 0 Å². The summed E-state index contributed by atoms with van der Waals surface area (Å²) in [6.07, 6.45) is 4.18. The maximum atomic E-state index is 7.09. The molecule has 0 amide bonds. The van der Waals surface area contributed by atoms with Crippen LogP contribution < -0.4 is 14.5 Å². The number of allylic oxidation sites excluding steroid dienone is 1. The first-order valence-electron chi connectivity index (χ1n) is 22.0. The van der Waals surface area contributed by atoms with Crippen molar-refractivity contribution >= 4 is 33.2 Å². The van der Waals surface area contributed by atoms with E-state index < -0.39 is 0 Å². The molecule has 7 aromatic rings. The predicted molar refractivity (Wildman–Crippen MR) is 261 cm³/mol. The molecule has 2 aromatic heterocycles. The Morgan fingerprint density at radius 2 is 1.21 bits per heavy atom. The average molecular weight is 1020 g/mol. The van der Waals surface area contributed by atoms with E-state index in [2.05, 4.69) is 245 Å². The number of ether oxygens (including phenoxy) is 1. The Hall–Kier alpha value is -5.12. The fourth-order valence-electron chi connectivity index (χ4n) is 8.53. The van der Waals surface area contributed by atoms with Crippen LogP contribution >= 0.6 is 0 Å². The van der Waals surface area contributed by atoms with Gasteiger partial charge in [-0.3, -0.25) is 0 Å². The third-order valence-electron chi connectivity index (χ3n) is 12.4. The summed E-state index contributed by atoms with van der Waals surface area (Å²) in [6.45, 7) is 33.9. The Labute approximate surface area is 391 Å². The normalized spacial score (nSPS) is 14.0. The zero-order valence-corrected chi connectivity index (χ0v) is 41.9. The van der Waals surface area contributed by atoms with Crippen LogP contribution in [0.25, 0.3) is 27.6 Å². The van der Waals surface area contributed by atoms with Crippen LogP contribution in [0.5, 0.6) is 11.5 Å². The van der Waals surface area contributed by atoms with Gasteiger partial charge in [0.15, 0.2) is 0 Å². The van der Waals surface area contributed by atoms with Crippen LogP contribution in [-0.2, 0) is 42.7 Å². The van der Waals surface area contributed by atoms with Crippen molar-refractivity contribution in [3.8, 4) is 17.3 Å². The Bertz CT molecular complexity index is 2800. The molecule has 0 bridgehead atoms. The summed E-state index contributed by atoms with van der Waals surface area (Å²) >= 11 is 0. The topological polar surface area (TPSA) is 33.5 Å². The van der Waals surface area contributed by atoms with E-state index >= 15 is 0 Å². The number of aromatic nitrogens is 2. The van der Waals surface area contributed by atoms with Gasteiger partial charge in [0.05, 0.1) is 0 Å². The van der Waals surface area contributed by atoms with Gasteiger partial charge in [0.1, 0.15) is 5.82 Å². The summed E-state index contributed by atoms with van der Waals surface area (Å²) in [4.78, 5) is 9.49. The van der Waals surface area contributed by atoms with Crippen molar-refractivity contribution in [2.75, 3.05) is 9.80 Å². The zero-order chi connectivity index (χ0) is 44.6. The maximum absolute atomic E-state index is 7.09. The third-order valence-corrected chi connectivity index (χ3v) is 12.4. The Balaban J connectivity index is 0.00000595. The third kappa shape index (κ3) is 9.01. The van der Waals surface area contributed by atoms with Crippen molar-refractivity contribution in [3.05, 3.63) is 174 Å². The number of hydrogen-bond acceptors (Lipinski definition) is 4. The summed E-state index contributed by atoms with van der Waals surface area (Å²) in [7, 11) is 0. The first-order chi connectivity index (χ1) is 29.0. The molecule has 0 saturated carbocycles. The average Bonchev–Trinajstić information content (AvgIpc) is 3.81. The van der Waals surface area contributed by atoms with Gasteiger partial charge in [-0.2, -0.15) is 0 Å². The molecule has 1 aliphatic heterocycles. The number of para-hydroxylation sites is 1. The Morgan fingerprint density at radius 1 is 0.571 bits per heavy atom. The molecule has 1 aliphatic rings. The number of benzene rings is 5. The van der Waals surface area contributed by atoms with Crippen molar-refractivity contribution in [2.45, 2.75) is 119 Å². The van der Waals surface area contributed by atoms with Gasteiger partial charge in [-0.25, -0.2) is 4.98 Å². The molecular weight excluding hydrogens is 952 g/mol. The van der Waals surface area contributed by atoms with Gasteiger partial charge in [0.25, 0.3) is 0 Å². The molecule has 63 heavy (non-hydrogen) atoms. The van der Waals surface area contributed by atoms with Crippen LogP contribution in [0.4, 0.5) is 11.4 Å². The predicted octanol–water partition coefficient (Wildman–Crippen LogP) is 15.1. The number of hydrogen-bond donors (Lipinski definition) is 0. The van der Waals surface area contributed by atoms with E-state index in [-0.39, 0.29) is 48.1 Å². The summed E-state index contributed by atoms with van der Waals surface area (Å²) in [5.41, 5.74) is 10.6. The first kappa shape index (κ1) is 45.9. The minimum Gasteiger partial charge on any atom is -0.509 e. The summed E-state index contributed by atoms with van der Waals surface area (Å²) in [5, 5.41) is 2.33. The fourth-order valence-corrected chi connectivity index (χ4v) is 8.53. The summed E-state index contributed by atoms with van der Waals surface area (Å²) < 4.78 is 9.35. The maximum Gasteiger partial charge on any atom is 0.135 e. The van der Waals surface area contributed by atoms with E-state index in [1.165, 1.54) is 33.3 Å². The zero-order valence-electron chi connectivity index (χ0n) is 39.6. The van der Waals surface area contributed by atoms with Crippen LogP contribution in [0.3, 0.4) is 0 Å². The Kier molecular flexibility index (Phi) is 12.0. The van der Waals surface area contributed by atoms with Gasteiger partial charge >= 0.3 is 0 Å². The second-order valence-electron chi connectivity index (χ2n) is 21.7. The molecule has 6 heteroatoms. The smallest absolute Gasteiger partial charge is 0.135 e. The number of pyridine rings is 1. The van der Waals surface area contributed by atoms with Gasteiger partial charge in [-0.1, -0.05) is 168 Å². The second-order valence-corrected chi connectivity index (χ2v) is 21.7. The van der Waals surface area contributed by atoms with E-state index in [9.17, 15) is 0 Å². The minimum atomic E-state index is -0.345. The largest absolute Gasteiger partial charge is 0.509 e. The number of nitrogens with zero attached hydrogens (tertiary/aromatic N) is 4. The van der Waals surface area contributed by atoms with Crippen LogP contribution in [0.1, 0.15) is 125 Å². The van der Waals surface area contributed by atoms with Gasteiger partial charge in [-0.15, -0.1) is 53.8 Å². The number of fused-ring (bicyclic) bond motifs is 3. The van der Waals surface area contributed by atoms with Crippen LogP contribution in [-0.4, -0.2) is 9.55 Å². The molecule has 0 radical (unpaired) electrons. The van der Waals surface area contributed by atoms with E-state index in [1.54, 1.807) is 0 Å². The van der Waals surface area contributed by atoms with E-state index in [0.29, 0.717) is 11.5 Å².